The lowest BCUT2D eigenvalue weighted by Gasteiger charge is -2.03. The van der Waals surface area contributed by atoms with Gasteiger partial charge >= 0.3 is 5.97 Å². The molecule has 0 N–H and O–H groups in total. The van der Waals surface area contributed by atoms with E-state index in [1.807, 2.05) is 0 Å². The second kappa shape index (κ2) is 4.05. The van der Waals surface area contributed by atoms with Crippen LogP contribution < -0.4 is 4.74 Å². The molecule has 0 fully saturated rings. The first kappa shape index (κ1) is 9.74. The Hall–Kier alpha value is -0.350. The molecule has 1 aromatic carbocycles. The molecule has 0 atom stereocenters. The molecule has 2 nitrogen and oxygen atoms in total. The maximum absolute atomic E-state index is 10.6. The van der Waals surface area contributed by atoms with Crippen molar-refractivity contribution >= 4 is 37.8 Å². The van der Waals surface area contributed by atoms with Crippen LogP contribution in [0.3, 0.4) is 0 Å². The first-order valence-corrected chi connectivity index (χ1v) is 4.74. The highest BCUT2D eigenvalue weighted by Gasteiger charge is 2.05. The topological polar surface area (TPSA) is 26.3 Å². The third-order valence-corrected chi connectivity index (χ3v) is 3.05. The zero-order valence-corrected chi connectivity index (χ0v) is 9.40. The Morgan fingerprint density at radius 2 is 2.25 bits per heavy atom. The number of halogens is 2. The summed E-state index contributed by atoms with van der Waals surface area (Å²) in [5.74, 6) is 0.155. The molecule has 0 bridgehead atoms. The number of esters is 1. The van der Waals surface area contributed by atoms with Crippen molar-refractivity contribution in [2.24, 2.45) is 0 Å². The molecule has 63 valence electrons. The molecule has 0 saturated carbocycles. The van der Waals surface area contributed by atoms with E-state index in [1.165, 1.54) is 6.92 Å². The third-order valence-electron chi connectivity index (χ3n) is 1.11. The smallest absolute Gasteiger partial charge is 0.308 e. The minimum Gasteiger partial charge on any atom is -0.425 e. The van der Waals surface area contributed by atoms with Gasteiger partial charge in [-0.25, -0.2) is 0 Å². The number of carbonyl (C=O) groups excluding carboxylic acids is 1. The second-order valence-electron chi connectivity index (χ2n) is 2.06. The first-order chi connectivity index (χ1) is 5.61. The Morgan fingerprint density at radius 3 is 2.83 bits per heavy atom. The third kappa shape index (κ3) is 2.32. The van der Waals surface area contributed by atoms with Gasteiger partial charge in [-0.15, -0.1) is 0 Å². The van der Waals surface area contributed by atoms with Gasteiger partial charge in [0, 0.05) is 11.4 Å². The van der Waals surface area contributed by atoms with E-state index in [9.17, 15) is 4.79 Å². The highest BCUT2D eigenvalue weighted by atomic mass is 79.9. The summed E-state index contributed by atoms with van der Waals surface area (Å²) in [5.41, 5.74) is 0. The normalized spacial score (nSPS) is 9.58. The largest absolute Gasteiger partial charge is 0.425 e. The molecule has 1 aromatic rings. The summed E-state index contributed by atoms with van der Waals surface area (Å²) in [7, 11) is 0. The fourth-order valence-corrected chi connectivity index (χ4v) is 1.32. The number of rotatable bonds is 1. The second-order valence-corrected chi connectivity index (χ2v) is 3.65. The fraction of sp³-hybridized carbons (Fsp3) is 0.125. The van der Waals surface area contributed by atoms with Crippen LogP contribution in [0, 0.1) is 6.07 Å². The van der Waals surface area contributed by atoms with Crippen LogP contribution in [0.1, 0.15) is 6.92 Å². The summed E-state index contributed by atoms with van der Waals surface area (Å²) in [6, 6.07) is 6.23. The highest BCUT2D eigenvalue weighted by Crippen LogP contribution is 2.31. The van der Waals surface area contributed by atoms with Crippen LogP contribution in [0.25, 0.3) is 0 Å². The minimum absolute atomic E-state index is 0.339. The molecule has 0 spiro atoms. The predicted octanol–water partition coefficient (Wildman–Crippen LogP) is 2.94. The molecule has 0 aliphatic carbocycles. The van der Waals surface area contributed by atoms with Crippen molar-refractivity contribution in [3.05, 3.63) is 27.1 Å². The molecule has 0 unspecified atom stereocenters. The number of ether oxygens (including phenoxy) is 1. The van der Waals surface area contributed by atoms with Crippen LogP contribution in [0.15, 0.2) is 21.1 Å². The number of benzene rings is 1. The van der Waals surface area contributed by atoms with Crippen molar-refractivity contribution in [3.8, 4) is 5.75 Å². The van der Waals surface area contributed by atoms with Crippen molar-refractivity contribution in [2.45, 2.75) is 6.92 Å². The first-order valence-electron chi connectivity index (χ1n) is 3.15. The molecule has 0 saturated heterocycles. The molecule has 0 aromatic heterocycles. The van der Waals surface area contributed by atoms with E-state index in [1.54, 1.807) is 12.1 Å². The SMILES string of the molecule is CC(=O)Oc1cc[c]c(Br)c1Br. The predicted molar refractivity (Wildman–Crippen MR) is 52.0 cm³/mol. The zero-order chi connectivity index (χ0) is 9.14. The van der Waals surface area contributed by atoms with E-state index in [-0.39, 0.29) is 5.97 Å². The molecule has 0 aliphatic rings. The maximum Gasteiger partial charge on any atom is 0.308 e. The maximum atomic E-state index is 10.6. The summed E-state index contributed by atoms with van der Waals surface area (Å²) in [6.45, 7) is 1.36. The van der Waals surface area contributed by atoms with Gasteiger partial charge in [0.1, 0.15) is 5.75 Å². The van der Waals surface area contributed by atoms with Crippen molar-refractivity contribution in [2.75, 3.05) is 0 Å². The molecule has 0 amide bonds. The fourth-order valence-electron chi connectivity index (χ4n) is 0.669. The monoisotopic (exact) mass is 291 g/mol. The van der Waals surface area contributed by atoms with Crippen molar-refractivity contribution in [3.63, 3.8) is 0 Å². The molecule has 12 heavy (non-hydrogen) atoms. The van der Waals surface area contributed by atoms with Gasteiger partial charge in [0.2, 0.25) is 0 Å². The Kier molecular flexibility index (Phi) is 3.29. The van der Waals surface area contributed by atoms with E-state index in [4.69, 9.17) is 4.74 Å². The quantitative estimate of drug-likeness (QED) is 0.588. The van der Waals surface area contributed by atoms with Crippen LogP contribution in [0.5, 0.6) is 5.75 Å². The number of hydrogen-bond donors (Lipinski definition) is 0. The van der Waals surface area contributed by atoms with E-state index >= 15 is 0 Å². The van der Waals surface area contributed by atoms with Crippen molar-refractivity contribution in [1.82, 2.24) is 0 Å². The van der Waals surface area contributed by atoms with Gasteiger partial charge in [0.05, 0.1) is 4.47 Å². The molecule has 0 heterocycles. The lowest BCUT2D eigenvalue weighted by molar-refractivity contribution is -0.131. The van der Waals surface area contributed by atoms with Crippen molar-refractivity contribution < 1.29 is 9.53 Å². The molecule has 4 heteroatoms. The molecular weight excluding hydrogens is 288 g/mol. The molecule has 0 aliphatic heterocycles. The van der Waals surface area contributed by atoms with Crippen LogP contribution in [-0.2, 0) is 4.79 Å². The Bertz CT molecular complexity index is 310. The summed E-state index contributed by atoms with van der Waals surface area (Å²) >= 11 is 6.50. The van der Waals surface area contributed by atoms with Crippen LogP contribution in [0.2, 0.25) is 0 Å². The minimum atomic E-state index is -0.339. The Balaban J connectivity index is 3.00. The lowest BCUT2D eigenvalue weighted by atomic mass is 10.3. The van der Waals surface area contributed by atoms with Crippen LogP contribution in [-0.4, -0.2) is 5.97 Å². The Morgan fingerprint density at radius 1 is 1.58 bits per heavy atom. The zero-order valence-electron chi connectivity index (χ0n) is 6.23. The van der Waals surface area contributed by atoms with E-state index < -0.39 is 0 Å². The molecule has 1 rings (SSSR count). The van der Waals surface area contributed by atoms with Crippen LogP contribution in [0.4, 0.5) is 0 Å². The summed E-state index contributed by atoms with van der Waals surface area (Å²) in [4.78, 5) is 10.6. The summed E-state index contributed by atoms with van der Waals surface area (Å²) < 4.78 is 6.32. The lowest BCUT2D eigenvalue weighted by Crippen LogP contribution is -2.01. The number of carbonyl (C=O) groups is 1. The summed E-state index contributed by atoms with van der Waals surface area (Å²) in [5, 5.41) is 0. The summed E-state index contributed by atoms with van der Waals surface area (Å²) in [6.07, 6.45) is 0. The van der Waals surface area contributed by atoms with Crippen molar-refractivity contribution in [1.29, 1.82) is 0 Å². The van der Waals surface area contributed by atoms with Gasteiger partial charge in [-0.05, 0) is 50.1 Å². The Labute approximate surface area is 87.2 Å². The average molecular weight is 293 g/mol. The molecular formula is C8H5Br2O2. The standard InChI is InChI=1S/C8H5Br2O2/c1-5(11)12-7-4-2-3-6(9)8(7)10/h2,4H,1H3. The van der Waals surface area contributed by atoms with E-state index in [0.29, 0.717) is 10.2 Å². The highest BCUT2D eigenvalue weighted by molar-refractivity contribution is 9.13. The van der Waals surface area contributed by atoms with Gasteiger partial charge in [-0.1, -0.05) is 0 Å². The van der Waals surface area contributed by atoms with E-state index in [0.717, 1.165) is 4.47 Å². The molecule has 1 radical (unpaired) electrons. The van der Waals surface area contributed by atoms with Gasteiger partial charge in [-0.3, -0.25) is 4.79 Å². The van der Waals surface area contributed by atoms with Gasteiger partial charge in [-0.2, -0.15) is 0 Å². The van der Waals surface area contributed by atoms with Gasteiger partial charge in [0.25, 0.3) is 0 Å². The van der Waals surface area contributed by atoms with Crippen LogP contribution >= 0.6 is 31.9 Å². The van der Waals surface area contributed by atoms with Gasteiger partial charge < -0.3 is 4.74 Å². The average Bonchev–Trinajstić information content (AvgIpc) is 1.98. The van der Waals surface area contributed by atoms with Gasteiger partial charge in [0.15, 0.2) is 0 Å². The van der Waals surface area contributed by atoms with E-state index in [2.05, 4.69) is 37.9 Å². The number of hydrogen-bond acceptors (Lipinski definition) is 2.